The van der Waals surface area contributed by atoms with Crippen molar-refractivity contribution in [3.8, 4) is 0 Å². The molecular weight excluding hydrogens is 254 g/mol. The third-order valence-electron chi connectivity index (χ3n) is 2.54. The second-order valence-corrected chi connectivity index (χ2v) is 5.95. The third kappa shape index (κ3) is 2.14. The van der Waals surface area contributed by atoms with Crippen molar-refractivity contribution >= 4 is 21.7 Å². The summed E-state index contributed by atoms with van der Waals surface area (Å²) < 4.78 is 0.887. The lowest BCUT2D eigenvalue weighted by Crippen LogP contribution is -2.18. The van der Waals surface area contributed by atoms with Gasteiger partial charge < -0.3 is 5.73 Å². The van der Waals surface area contributed by atoms with Crippen LogP contribution in [0.4, 0.5) is 5.82 Å². The highest BCUT2D eigenvalue weighted by atomic mass is 79.9. The Morgan fingerprint density at radius 3 is 2.33 bits per heavy atom. The van der Waals surface area contributed by atoms with Crippen molar-refractivity contribution in [2.75, 3.05) is 5.73 Å². The standard InChI is InChI=1S/C11H16BrN3/c1-11(2,3)10-14-8(6-4-5-6)7(12)9(13)15-10/h6H,4-5H2,1-3H3,(H2,13,14,15). The topological polar surface area (TPSA) is 51.8 Å². The fourth-order valence-corrected chi connectivity index (χ4v) is 1.95. The first-order chi connectivity index (χ1) is 6.89. The predicted molar refractivity (Wildman–Crippen MR) is 64.8 cm³/mol. The average Bonchev–Trinajstić information content (AvgIpc) is 2.90. The van der Waals surface area contributed by atoms with E-state index in [1.807, 2.05) is 0 Å². The molecule has 1 saturated carbocycles. The number of anilines is 1. The van der Waals surface area contributed by atoms with E-state index in [2.05, 4.69) is 46.7 Å². The van der Waals surface area contributed by atoms with Gasteiger partial charge in [-0.1, -0.05) is 20.8 Å². The molecule has 0 radical (unpaired) electrons. The van der Waals surface area contributed by atoms with Gasteiger partial charge in [-0.15, -0.1) is 0 Å². The van der Waals surface area contributed by atoms with Crippen LogP contribution >= 0.6 is 15.9 Å². The zero-order valence-corrected chi connectivity index (χ0v) is 10.9. The molecule has 0 spiro atoms. The molecule has 1 aromatic rings. The van der Waals surface area contributed by atoms with Gasteiger partial charge in [0, 0.05) is 11.3 Å². The molecule has 82 valence electrons. The van der Waals surface area contributed by atoms with Crippen molar-refractivity contribution in [2.45, 2.75) is 44.9 Å². The normalized spacial score (nSPS) is 16.8. The van der Waals surface area contributed by atoms with Crippen LogP contribution in [0.1, 0.15) is 51.0 Å². The maximum absolute atomic E-state index is 5.89. The molecule has 1 aromatic heterocycles. The van der Waals surface area contributed by atoms with Gasteiger partial charge in [0.05, 0.1) is 10.2 Å². The number of halogens is 1. The lowest BCUT2D eigenvalue weighted by Gasteiger charge is -2.18. The summed E-state index contributed by atoms with van der Waals surface area (Å²) in [7, 11) is 0. The van der Waals surface area contributed by atoms with Crippen LogP contribution in [0, 0.1) is 0 Å². The fraction of sp³-hybridized carbons (Fsp3) is 0.636. The highest BCUT2D eigenvalue weighted by molar-refractivity contribution is 9.10. The molecule has 1 heterocycles. The Kier molecular flexibility index (Phi) is 2.49. The molecule has 2 N–H and O–H groups in total. The fourth-order valence-electron chi connectivity index (χ4n) is 1.45. The van der Waals surface area contributed by atoms with E-state index >= 15 is 0 Å². The molecule has 0 aromatic carbocycles. The summed E-state index contributed by atoms with van der Waals surface area (Å²) >= 11 is 3.47. The zero-order chi connectivity index (χ0) is 11.2. The smallest absolute Gasteiger partial charge is 0.141 e. The molecule has 0 saturated heterocycles. The summed E-state index contributed by atoms with van der Waals surface area (Å²) in [6.07, 6.45) is 2.44. The molecule has 15 heavy (non-hydrogen) atoms. The summed E-state index contributed by atoms with van der Waals surface area (Å²) in [6, 6.07) is 0. The van der Waals surface area contributed by atoms with E-state index in [-0.39, 0.29) is 5.41 Å². The first-order valence-electron chi connectivity index (χ1n) is 5.23. The number of hydrogen-bond donors (Lipinski definition) is 1. The van der Waals surface area contributed by atoms with E-state index in [0.717, 1.165) is 16.0 Å². The molecule has 4 heteroatoms. The van der Waals surface area contributed by atoms with Crippen LogP contribution in [0.3, 0.4) is 0 Å². The van der Waals surface area contributed by atoms with Crippen LogP contribution in [-0.4, -0.2) is 9.97 Å². The van der Waals surface area contributed by atoms with Crippen molar-refractivity contribution in [1.29, 1.82) is 0 Å². The second-order valence-electron chi connectivity index (χ2n) is 5.16. The molecule has 1 fully saturated rings. The van der Waals surface area contributed by atoms with Gasteiger partial charge in [0.1, 0.15) is 11.6 Å². The number of aromatic nitrogens is 2. The number of nitrogens with two attached hydrogens (primary N) is 1. The van der Waals surface area contributed by atoms with Crippen LogP contribution < -0.4 is 5.73 Å². The molecule has 3 nitrogen and oxygen atoms in total. The van der Waals surface area contributed by atoms with E-state index in [9.17, 15) is 0 Å². The maximum atomic E-state index is 5.89. The van der Waals surface area contributed by atoms with E-state index in [1.165, 1.54) is 12.8 Å². The molecular formula is C11H16BrN3. The Morgan fingerprint density at radius 1 is 1.27 bits per heavy atom. The third-order valence-corrected chi connectivity index (χ3v) is 3.35. The number of rotatable bonds is 1. The molecule has 0 aliphatic heterocycles. The first kappa shape index (κ1) is 10.9. The molecule has 0 bridgehead atoms. The summed E-state index contributed by atoms with van der Waals surface area (Å²) in [5, 5.41) is 0. The minimum atomic E-state index is -0.0432. The summed E-state index contributed by atoms with van der Waals surface area (Å²) in [4.78, 5) is 8.96. The molecule has 2 rings (SSSR count). The minimum Gasteiger partial charge on any atom is -0.383 e. The van der Waals surface area contributed by atoms with Gasteiger partial charge in [-0.05, 0) is 28.8 Å². The molecule has 0 amide bonds. The summed E-state index contributed by atoms with van der Waals surface area (Å²) in [5.41, 5.74) is 6.93. The predicted octanol–water partition coefficient (Wildman–Crippen LogP) is 3.00. The Balaban J connectivity index is 2.51. The van der Waals surface area contributed by atoms with Crippen molar-refractivity contribution in [3.05, 3.63) is 16.0 Å². The number of nitrogens with zero attached hydrogens (tertiary/aromatic N) is 2. The lowest BCUT2D eigenvalue weighted by atomic mass is 9.95. The van der Waals surface area contributed by atoms with E-state index in [0.29, 0.717) is 11.7 Å². The largest absolute Gasteiger partial charge is 0.383 e. The van der Waals surface area contributed by atoms with Crippen molar-refractivity contribution in [1.82, 2.24) is 9.97 Å². The molecule has 0 unspecified atom stereocenters. The van der Waals surface area contributed by atoms with Gasteiger partial charge in [0.15, 0.2) is 0 Å². The lowest BCUT2D eigenvalue weighted by molar-refractivity contribution is 0.542. The van der Waals surface area contributed by atoms with Crippen molar-refractivity contribution in [3.63, 3.8) is 0 Å². The van der Waals surface area contributed by atoms with Crippen molar-refractivity contribution < 1.29 is 0 Å². The van der Waals surface area contributed by atoms with Crippen LogP contribution in [0.2, 0.25) is 0 Å². The van der Waals surface area contributed by atoms with E-state index in [4.69, 9.17) is 5.73 Å². The van der Waals surface area contributed by atoms with Gasteiger partial charge in [0.25, 0.3) is 0 Å². The van der Waals surface area contributed by atoms with Gasteiger partial charge in [-0.25, -0.2) is 9.97 Å². The minimum absolute atomic E-state index is 0.0432. The Hall–Kier alpha value is -0.640. The maximum Gasteiger partial charge on any atom is 0.141 e. The van der Waals surface area contributed by atoms with Gasteiger partial charge in [-0.2, -0.15) is 0 Å². The molecule has 1 aliphatic rings. The van der Waals surface area contributed by atoms with Crippen LogP contribution in [-0.2, 0) is 5.41 Å². The summed E-state index contributed by atoms with van der Waals surface area (Å²) in [6.45, 7) is 6.31. The van der Waals surface area contributed by atoms with Gasteiger partial charge in [-0.3, -0.25) is 0 Å². The Labute approximate surface area is 98.6 Å². The Bertz CT molecular complexity index is 392. The highest BCUT2D eigenvalue weighted by Gasteiger charge is 2.30. The molecule has 1 aliphatic carbocycles. The van der Waals surface area contributed by atoms with E-state index in [1.54, 1.807) is 0 Å². The summed E-state index contributed by atoms with van der Waals surface area (Å²) in [5.74, 6) is 1.99. The average molecular weight is 270 g/mol. The van der Waals surface area contributed by atoms with Gasteiger partial charge in [0.2, 0.25) is 0 Å². The molecule has 0 atom stereocenters. The van der Waals surface area contributed by atoms with Gasteiger partial charge >= 0.3 is 0 Å². The Morgan fingerprint density at radius 2 is 1.87 bits per heavy atom. The van der Waals surface area contributed by atoms with Crippen molar-refractivity contribution in [2.24, 2.45) is 0 Å². The number of nitrogen functional groups attached to an aromatic ring is 1. The highest BCUT2D eigenvalue weighted by Crippen LogP contribution is 2.43. The van der Waals surface area contributed by atoms with Crippen LogP contribution in [0.15, 0.2) is 4.47 Å². The SMILES string of the molecule is CC(C)(C)c1nc(N)c(Br)c(C2CC2)n1. The van der Waals surface area contributed by atoms with Crippen LogP contribution in [0.25, 0.3) is 0 Å². The van der Waals surface area contributed by atoms with Crippen LogP contribution in [0.5, 0.6) is 0 Å². The monoisotopic (exact) mass is 269 g/mol. The second kappa shape index (κ2) is 3.44. The van der Waals surface area contributed by atoms with E-state index < -0.39 is 0 Å². The zero-order valence-electron chi connectivity index (χ0n) is 9.34. The first-order valence-corrected chi connectivity index (χ1v) is 6.02. The number of hydrogen-bond acceptors (Lipinski definition) is 3. The quantitative estimate of drug-likeness (QED) is 0.853.